The van der Waals surface area contributed by atoms with E-state index in [1.165, 1.54) is 6.20 Å². The van der Waals surface area contributed by atoms with Crippen molar-refractivity contribution in [2.75, 3.05) is 0 Å². The zero-order chi connectivity index (χ0) is 13.3. The van der Waals surface area contributed by atoms with Crippen molar-refractivity contribution < 1.29 is 18.3 Å². The molecule has 1 aromatic rings. The van der Waals surface area contributed by atoms with Gasteiger partial charge < -0.3 is 5.11 Å². The quantitative estimate of drug-likeness (QED) is 0.797. The minimum absolute atomic E-state index is 0.0475. The number of aromatic nitrogens is 2. The van der Waals surface area contributed by atoms with Gasteiger partial charge in [-0.1, -0.05) is 0 Å². The molecular weight excluding hydrogens is 246 g/mol. The van der Waals surface area contributed by atoms with Crippen molar-refractivity contribution in [1.29, 1.82) is 0 Å². The van der Waals surface area contributed by atoms with Crippen LogP contribution in [0.3, 0.4) is 0 Å². The second kappa shape index (κ2) is 4.46. The Labute approximate surface area is 99.5 Å². The van der Waals surface area contributed by atoms with E-state index in [9.17, 15) is 13.2 Å². The first-order chi connectivity index (χ1) is 7.60. The molecule has 1 aromatic heterocycles. The van der Waals surface area contributed by atoms with Crippen LogP contribution < -0.4 is 4.72 Å². The number of hydrogen-bond acceptors (Lipinski definition) is 4. The summed E-state index contributed by atoms with van der Waals surface area (Å²) >= 11 is 0. The minimum atomic E-state index is -3.66. The van der Waals surface area contributed by atoms with Gasteiger partial charge in [0.25, 0.3) is 0 Å². The van der Waals surface area contributed by atoms with Crippen molar-refractivity contribution in [2.24, 2.45) is 0 Å². The fourth-order valence-corrected chi connectivity index (χ4v) is 2.54. The summed E-state index contributed by atoms with van der Waals surface area (Å²) in [7, 11) is -3.66. The number of rotatable bonds is 4. The molecule has 96 valence electrons. The molecule has 0 aromatic carbocycles. The number of carboxylic acid groups (broad SMARTS) is 1. The van der Waals surface area contributed by atoms with Gasteiger partial charge in [-0.05, 0) is 20.8 Å². The molecule has 0 fully saturated rings. The van der Waals surface area contributed by atoms with Crippen LogP contribution >= 0.6 is 0 Å². The molecule has 1 rings (SSSR count). The lowest BCUT2D eigenvalue weighted by molar-refractivity contribution is -0.137. The van der Waals surface area contributed by atoms with Crippen LogP contribution in [0, 0.1) is 0 Å². The Kier molecular flexibility index (Phi) is 3.58. The molecule has 0 unspecified atom stereocenters. The molecule has 0 atom stereocenters. The lowest BCUT2D eigenvalue weighted by atomic mass is 10.1. The summed E-state index contributed by atoms with van der Waals surface area (Å²) in [5.74, 6) is -1.08. The number of carboxylic acids is 1. The molecule has 17 heavy (non-hydrogen) atoms. The lowest BCUT2D eigenvalue weighted by Crippen LogP contribution is -2.40. The molecule has 0 aliphatic carbocycles. The Balaban J connectivity index is 2.93. The smallest absolute Gasteiger partial charge is 0.325 e. The Morgan fingerprint density at radius 2 is 2.12 bits per heavy atom. The third kappa shape index (κ3) is 4.16. The maximum atomic E-state index is 11.8. The van der Waals surface area contributed by atoms with Gasteiger partial charge in [0.1, 0.15) is 11.4 Å². The summed E-state index contributed by atoms with van der Waals surface area (Å²) in [5, 5.41) is 12.2. The van der Waals surface area contributed by atoms with Crippen molar-refractivity contribution in [1.82, 2.24) is 14.5 Å². The number of nitrogens with zero attached hydrogens (tertiary/aromatic N) is 2. The number of hydrogen-bond donors (Lipinski definition) is 2. The third-order valence-electron chi connectivity index (χ3n) is 1.66. The fourth-order valence-electron chi connectivity index (χ4n) is 1.17. The zero-order valence-corrected chi connectivity index (χ0v) is 10.7. The van der Waals surface area contributed by atoms with Gasteiger partial charge >= 0.3 is 5.97 Å². The number of aliphatic carboxylic acids is 1. The second-order valence-corrected chi connectivity index (χ2v) is 6.31. The predicted octanol–water partition coefficient (Wildman–Crippen LogP) is 0.0445. The zero-order valence-electron chi connectivity index (χ0n) is 9.84. The van der Waals surface area contributed by atoms with Crippen LogP contribution in [-0.4, -0.2) is 34.8 Å². The molecule has 0 amide bonds. The van der Waals surface area contributed by atoms with E-state index in [1.54, 1.807) is 20.8 Å². The molecule has 0 spiro atoms. The average Bonchev–Trinajstić information content (AvgIpc) is 2.46. The van der Waals surface area contributed by atoms with Crippen LogP contribution in [0.1, 0.15) is 20.8 Å². The monoisotopic (exact) mass is 261 g/mol. The largest absolute Gasteiger partial charge is 0.480 e. The Bertz CT molecular complexity index is 513. The average molecular weight is 261 g/mol. The first-order valence-corrected chi connectivity index (χ1v) is 6.37. The minimum Gasteiger partial charge on any atom is -0.480 e. The topological polar surface area (TPSA) is 101 Å². The highest BCUT2D eigenvalue weighted by molar-refractivity contribution is 7.89. The summed E-state index contributed by atoms with van der Waals surface area (Å²) in [5.41, 5.74) is -0.603. The number of sulfonamides is 1. The van der Waals surface area contributed by atoms with Crippen molar-refractivity contribution in [3.8, 4) is 0 Å². The van der Waals surface area contributed by atoms with Gasteiger partial charge in [0, 0.05) is 11.7 Å². The van der Waals surface area contributed by atoms with Crippen LogP contribution in [0.25, 0.3) is 0 Å². The Morgan fingerprint density at radius 1 is 1.53 bits per heavy atom. The third-order valence-corrected chi connectivity index (χ3v) is 3.37. The number of carbonyl (C=O) groups is 1. The molecule has 7 nitrogen and oxygen atoms in total. The summed E-state index contributed by atoms with van der Waals surface area (Å²) < 4.78 is 27.2. The predicted molar refractivity (Wildman–Crippen MR) is 59.9 cm³/mol. The molecule has 0 aliphatic rings. The van der Waals surface area contributed by atoms with Crippen molar-refractivity contribution >= 4 is 16.0 Å². The molecule has 8 heteroatoms. The van der Waals surface area contributed by atoms with Gasteiger partial charge in [0.15, 0.2) is 0 Å². The lowest BCUT2D eigenvalue weighted by Gasteiger charge is -2.19. The highest BCUT2D eigenvalue weighted by Crippen LogP contribution is 2.11. The van der Waals surface area contributed by atoms with Crippen molar-refractivity contribution in [3.63, 3.8) is 0 Å². The SMILES string of the molecule is CC(C)(C)NS(=O)(=O)c1cnn(CC(=O)O)c1. The van der Waals surface area contributed by atoms with E-state index in [0.29, 0.717) is 0 Å². The van der Waals surface area contributed by atoms with E-state index in [1.807, 2.05) is 0 Å². The fraction of sp³-hybridized carbons (Fsp3) is 0.556. The van der Waals surface area contributed by atoms with E-state index >= 15 is 0 Å². The van der Waals surface area contributed by atoms with Crippen molar-refractivity contribution in [2.45, 2.75) is 37.8 Å². The molecule has 1 heterocycles. The van der Waals surface area contributed by atoms with Crippen LogP contribution in [0.2, 0.25) is 0 Å². The maximum absolute atomic E-state index is 11.8. The van der Waals surface area contributed by atoms with E-state index < -0.39 is 21.5 Å². The van der Waals surface area contributed by atoms with Gasteiger partial charge in [-0.2, -0.15) is 5.10 Å². The first-order valence-electron chi connectivity index (χ1n) is 4.88. The summed E-state index contributed by atoms with van der Waals surface area (Å²) in [4.78, 5) is 10.4. The van der Waals surface area contributed by atoms with Gasteiger partial charge in [-0.15, -0.1) is 0 Å². The van der Waals surface area contributed by atoms with Crippen LogP contribution in [0.15, 0.2) is 17.3 Å². The maximum Gasteiger partial charge on any atom is 0.325 e. The van der Waals surface area contributed by atoms with Gasteiger partial charge in [0.2, 0.25) is 10.0 Å². The standard InChI is InChI=1S/C9H15N3O4S/c1-9(2,3)11-17(15,16)7-4-10-12(5-7)6-8(13)14/h4-5,11H,6H2,1-3H3,(H,13,14). The molecule has 0 aliphatic heterocycles. The Morgan fingerprint density at radius 3 is 2.59 bits per heavy atom. The van der Waals surface area contributed by atoms with Gasteiger partial charge in [0.05, 0.1) is 6.20 Å². The van der Waals surface area contributed by atoms with Crippen LogP contribution in [-0.2, 0) is 21.4 Å². The van der Waals surface area contributed by atoms with Crippen molar-refractivity contribution in [3.05, 3.63) is 12.4 Å². The highest BCUT2D eigenvalue weighted by atomic mass is 32.2. The first kappa shape index (κ1) is 13.7. The molecule has 2 N–H and O–H groups in total. The van der Waals surface area contributed by atoms with E-state index in [-0.39, 0.29) is 11.4 Å². The molecule has 0 saturated carbocycles. The second-order valence-electron chi connectivity index (χ2n) is 4.62. The molecular formula is C9H15N3O4S. The van der Waals surface area contributed by atoms with E-state index in [4.69, 9.17) is 5.11 Å². The van der Waals surface area contributed by atoms with Gasteiger partial charge in [-0.3, -0.25) is 9.48 Å². The van der Waals surface area contributed by atoms with Crippen LogP contribution in [0.4, 0.5) is 0 Å². The normalized spacial score (nSPS) is 12.6. The molecule has 0 radical (unpaired) electrons. The van der Waals surface area contributed by atoms with E-state index in [2.05, 4.69) is 9.82 Å². The summed E-state index contributed by atoms with van der Waals surface area (Å²) in [6, 6.07) is 0. The molecule has 0 bridgehead atoms. The van der Waals surface area contributed by atoms with E-state index in [0.717, 1.165) is 10.9 Å². The highest BCUT2D eigenvalue weighted by Gasteiger charge is 2.23. The van der Waals surface area contributed by atoms with Gasteiger partial charge in [-0.25, -0.2) is 13.1 Å². The van der Waals surface area contributed by atoms with Crippen LogP contribution in [0.5, 0.6) is 0 Å². The Hall–Kier alpha value is -1.41. The summed E-state index contributed by atoms with van der Waals surface area (Å²) in [6.07, 6.45) is 2.30. The molecule has 0 saturated heterocycles. The number of nitrogens with one attached hydrogen (secondary N) is 1. The summed E-state index contributed by atoms with van der Waals surface area (Å²) in [6.45, 7) is 4.77.